The standard InChI is InChI=1S/C37H61N5O6/c1-13-25(6)31(39-32(43)28(38-11)21-23(3)4)35(46)40(12)26(7)33(44)42-20-19-29(42)34(45)41(14-2)30(36(47)48-37(8,9)10)22-27-17-15-24(5)16-18-27/h15-18,23,25-26,28-31,38H,13-14,19-22H2,1-12H3,(H,39,43)/t25-,26-,28-,29-,30-,31-/m0/s1. The molecule has 11 heteroatoms. The Balaban J connectivity index is 2.26. The fourth-order valence-corrected chi connectivity index (χ4v) is 5.85. The van der Waals surface area contributed by atoms with Gasteiger partial charge in [-0.05, 0) is 78.8 Å². The van der Waals surface area contributed by atoms with Crippen molar-refractivity contribution in [3.63, 3.8) is 0 Å². The van der Waals surface area contributed by atoms with E-state index < -0.39 is 41.8 Å². The molecule has 2 N–H and O–H groups in total. The van der Waals surface area contributed by atoms with Crippen LogP contribution in [0.25, 0.3) is 0 Å². The van der Waals surface area contributed by atoms with Gasteiger partial charge in [-0.25, -0.2) is 4.79 Å². The van der Waals surface area contributed by atoms with Crippen molar-refractivity contribution in [3.8, 4) is 0 Å². The molecule has 2 rings (SSSR count). The molecule has 0 aliphatic carbocycles. The summed E-state index contributed by atoms with van der Waals surface area (Å²) in [6.07, 6.45) is 1.99. The third-order valence-corrected chi connectivity index (χ3v) is 9.25. The van der Waals surface area contributed by atoms with E-state index in [0.29, 0.717) is 25.8 Å². The van der Waals surface area contributed by atoms with Gasteiger partial charge in [0.1, 0.15) is 29.8 Å². The molecule has 48 heavy (non-hydrogen) atoms. The molecule has 6 atom stereocenters. The van der Waals surface area contributed by atoms with Gasteiger partial charge >= 0.3 is 5.97 Å². The summed E-state index contributed by atoms with van der Waals surface area (Å²) in [5, 5.41) is 5.99. The second kappa shape index (κ2) is 17.8. The summed E-state index contributed by atoms with van der Waals surface area (Å²) in [4.78, 5) is 72.8. The first-order valence-electron chi connectivity index (χ1n) is 17.5. The Morgan fingerprint density at radius 3 is 2.08 bits per heavy atom. The van der Waals surface area contributed by atoms with Crippen LogP contribution in [0.1, 0.15) is 92.7 Å². The van der Waals surface area contributed by atoms with Gasteiger partial charge in [-0.3, -0.25) is 19.2 Å². The highest BCUT2D eigenvalue weighted by atomic mass is 16.6. The van der Waals surface area contributed by atoms with Crippen molar-refractivity contribution in [1.82, 2.24) is 25.3 Å². The molecule has 0 radical (unpaired) electrons. The molecule has 1 heterocycles. The van der Waals surface area contributed by atoms with Crippen LogP contribution < -0.4 is 10.6 Å². The van der Waals surface area contributed by atoms with Crippen molar-refractivity contribution < 1.29 is 28.7 Å². The number of amides is 4. The van der Waals surface area contributed by atoms with Crippen molar-refractivity contribution >= 4 is 29.6 Å². The van der Waals surface area contributed by atoms with E-state index in [1.54, 1.807) is 41.8 Å². The number of nitrogens with one attached hydrogen (secondary N) is 2. The summed E-state index contributed by atoms with van der Waals surface area (Å²) >= 11 is 0. The maximum atomic E-state index is 14.1. The number of likely N-dealkylation sites (N-methyl/N-ethyl adjacent to an activating group) is 3. The fourth-order valence-electron chi connectivity index (χ4n) is 5.85. The van der Waals surface area contributed by atoms with Gasteiger partial charge in [0.2, 0.25) is 23.6 Å². The van der Waals surface area contributed by atoms with Crippen molar-refractivity contribution in [3.05, 3.63) is 35.4 Å². The van der Waals surface area contributed by atoms with E-state index in [4.69, 9.17) is 4.74 Å². The topological polar surface area (TPSA) is 128 Å². The van der Waals surface area contributed by atoms with Crippen LogP contribution in [0.3, 0.4) is 0 Å². The first-order chi connectivity index (χ1) is 22.4. The van der Waals surface area contributed by atoms with Gasteiger partial charge in [0.05, 0.1) is 6.04 Å². The molecule has 0 unspecified atom stereocenters. The first-order valence-corrected chi connectivity index (χ1v) is 17.5. The molecule has 0 aromatic heterocycles. The van der Waals surface area contributed by atoms with Crippen LogP contribution in [-0.2, 0) is 35.1 Å². The summed E-state index contributed by atoms with van der Waals surface area (Å²) in [6.45, 7) is 19.3. The molecule has 1 aromatic rings. The van der Waals surface area contributed by atoms with E-state index >= 15 is 0 Å². The number of ether oxygens (including phenoxy) is 1. The number of hydrogen-bond donors (Lipinski definition) is 2. The molecular weight excluding hydrogens is 610 g/mol. The van der Waals surface area contributed by atoms with Gasteiger partial charge in [0, 0.05) is 26.6 Å². The summed E-state index contributed by atoms with van der Waals surface area (Å²) in [5.41, 5.74) is 1.24. The lowest BCUT2D eigenvalue weighted by atomic mass is 9.95. The predicted octanol–water partition coefficient (Wildman–Crippen LogP) is 3.71. The molecular formula is C37H61N5O6. The lowest BCUT2D eigenvalue weighted by molar-refractivity contribution is -0.168. The van der Waals surface area contributed by atoms with Gasteiger partial charge < -0.3 is 30.1 Å². The Labute approximate surface area is 288 Å². The number of carbonyl (C=O) groups is 5. The van der Waals surface area contributed by atoms with Crippen LogP contribution in [-0.4, -0.2) is 107 Å². The van der Waals surface area contributed by atoms with Crippen LogP contribution in [0, 0.1) is 18.8 Å². The van der Waals surface area contributed by atoms with Crippen molar-refractivity contribution in [2.45, 2.75) is 131 Å². The molecule has 0 saturated carbocycles. The molecule has 1 aromatic carbocycles. The van der Waals surface area contributed by atoms with Gasteiger partial charge in [-0.15, -0.1) is 0 Å². The fraction of sp³-hybridized carbons (Fsp3) is 0.703. The summed E-state index contributed by atoms with van der Waals surface area (Å²) < 4.78 is 5.76. The highest BCUT2D eigenvalue weighted by Crippen LogP contribution is 2.25. The van der Waals surface area contributed by atoms with E-state index in [1.807, 2.05) is 65.8 Å². The van der Waals surface area contributed by atoms with Crippen LogP contribution in [0.4, 0.5) is 0 Å². The van der Waals surface area contributed by atoms with Gasteiger partial charge in [-0.2, -0.15) is 0 Å². The molecule has 1 aliphatic heterocycles. The van der Waals surface area contributed by atoms with Crippen molar-refractivity contribution in [2.75, 3.05) is 27.2 Å². The molecule has 1 saturated heterocycles. The Morgan fingerprint density at radius 2 is 1.62 bits per heavy atom. The number of esters is 1. The lowest BCUT2D eigenvalue weighted by Gasteiger charge is -2.45. The zero-order valence-electron chi connectivity index (χ0n) is 31.4. The summed E-state index contributed by atoms with van der Waals surface area (Å²) in [6, 6.07) is 4.04. The van der Waals surface area contributed by atoms with Crippen LogP contribution in [0.15, 0.2) is 24.3 Å². The molecule has 1 fully saturated rings. The molecule has 0 spiro atoms. The maximum Gasteiger partial charge on any atom is 0.329 e. The van der Waals surface area contributed by atoms with E-state index in [2.05, 4.69) is 10.6 Å². The summed E-state index contributed by atoms with van der Waals surface area (Å²) in [5.74, 6) is -1.69. The highest BCUT2D eigenvalue weighted by Gasteiger charge is 2.45. The average Bonchev–Trinajstić information content (AvgIpc) is 3.00. The number of carbonyl (C=O) groups excluding carboxylic acids is 5. The lowest BCUT2D eigenvalue weighted by Crippen LogP contribution is -2.65. The van der Waals surface area contributed by atoms with Crippen molar-refractivity contribution in [2.24, 2.45) is 11.8 Å². The second-order valence-corrected chi connectivity index (χ2v) is 14.7. The van der Waals surface area contributed by atoms with E-state index in [9.17, 15) is 24.0 Å². The number of likely N-dealkylation sites (tertiary alicyclic amines) is 1. The van der Waals surface area contributed by atoms with Crippen LogP contribution in [0.2, 0.25) is 0 Å². The van der Waals surface area contributed by atoms with Crippen LogP contribution >= 0.6 is 0 Å². The van der Waals surface area contributed by atoms with E-state index in [0.717, 1.165) is 11.1 Å². The zero-order chi connectivity index (χ0) is 36.5. The van der Waals surface area contributed by atoms with Crippen LogP contribution in [0.5, 0.6) is 0 Å². The normalized spacial score (nSPS) is 17.8. The second-order valence-electron chi connectivity index (χ2n) is 14.7. The largest absolute Gasteiger partial charge is 0.458 e. The maximum absolute atomic E-state index is 14.1. The molecule has 0 bridgehead atoms. The third kappa shape index (κ3) is 10.8. The van der Waals surface area contributed by atoms with Gasteiger partial charge in [0.15, 0.2) is 0 Å². The Morgan fingerprint density at radius 1 is 1.02 bits per heavy atom. The van der Waals surface area contributed by atoms with Gasteiger partial charge in [-0.1, -0.05) is 63.9 Å². The smallest absolute Gasteiger partial charge is 0.329 e. The quantitative estimate of drug-likeness (QED) is 0.257. The number of benzene rings is 1. The number of rotatable bonds is 16. The minimum absolute atomic E-state index is 0.169. The predicted molar refractivity (Wildman–Crippen MR) is 188 cm³/mol. The first kappa shape index (κ1) is 40.7. The zero-order valence-corrected chi connectivity index (χ0v) is 31.4. The molecule has 270 valence electrons. The van der Waals surface area contributed by atoms with Gasteiger partial charge in [0.25, 0.3) is 0 Å². The van der Waals surface area contributed by atoms with E-state index in [1.165, 1.54) is 14.7 Å². The Bertz CT molecular complexity index is 1260. The Kier molecular flexibility index (Phi) is 15.1. The molecule has 11 nitrogen and oxygen atoms in total. The highest BCUT2D eigenvalue weighted by molar-refractivity contribution is 5.96. The van der Waals surface area contributed by atoms with Crippen molar-refractivity contribution in [1.29, 1.82) is 0 Å². The number of nitrogens with zero attached hydrogens (tertiary/aromatic N) is 3. The number of hydrogen-bond acceptors (Lipinski definition) is 7. The number of aryl methyl sites for hydroxylation is 1. The Hall–Kier alpha value is -3.47. The minimum atomic E-state index is -0.878. The third-order valence-electron chi connectivity index (χ3n) is 9.25. The monoisotopic (exact) mass is 671 g/mol. The SMILES string of the molecule is CC[C@H](C)[C@H](NC(=O)[C@H](CC(C)C)NC)C(=O)N(C)[C@@H](C)C(=O)N1CC[C@H]1C(=O)N(CC)[C@@H](Cc1ccc(C)cc1)C(=O)OC(C)(C)C. The summed E-state index contributed by atoms with van der Waals surface area (Å²) in [7, 11) is 3.29. The molecule has 4 amide bonds. The van der Waals surface area contributed by atoms with E-state index in [-0.39, 0.29) is 48.4 Å². The average molecular weight is 672 g/mol. The minimum Gasteiger partial charge on any atom is -0.458 e. The molecule has 1 aliphatic rings.